The van der Waals surface area contributed by atoms with Gasteiger partial charge in [0.2, 0.25) is 11.7 Å². The molecule has 0 unspecified atom stereocenters. The number of carbonyl (C=O) groups excluding carboxylic acids is 2. The zero-order valence-electron chi connectivity index (χ0n) is 17.8. The third kappa shape index (κ3) is 7.69. The molecule has 9 nitrogen and oxygen atoms in total. The van der Waals surface area contributed by atoms with Crippen LogP contribution in [0, 0.1) is 6.92 Å². The van der Waals surface area contributed by atoms with E-state index in [1.807, 2.05) is 0 Å². The lowest BCUT2D eigenvalue weighted by Crippen LogP contribution is -2.28. The van der Waals surface area contributed by atoms with Gasteiger partial charge in [-0.05, 0) is 31.9 Å². The van der Waals surface area contributed by atoms with Crippen LogP contribution in [0.1, 0.15) is 60.6 Å². The van der Waals surface area contributed by atoms with E-state index in [0.717, 1.165) is 31.9 Å². The van der Waals surface area contributed by atoms with Crippen molar-refractivity contribution < 1.29 is 14.3 Å². The highest BCUT2D eigenvalue weighted by molar-refractivity contribution is 6.36. The highest BCUT2D eigenvalue weighted by atomic mass is 16.5. The number of ether oxygens (including phenoxy) is 1. The number of ketones is 1. The Balaban J connectivity index is 1.87. The van der Waals surface area contributed by atoms with E-state index in [-0.39, 0.29) is 12.8 Å². The summed E-state index contributed by atoms with van der Waals surface area (Å²) in [5.74, 6) is -0.374. The van der Waals surface area contributed by atoms with Crippen molar-refractivity contribution in [2.24, 2.45) is 5.10 Å². The number of nitrogens with one attached hydrogen (secondary N) is 3. The number of benzene rings is 1. The molecule has 2 aromatic rings. The maximum Gasteiger partial charge on any atom is 0.325 e. The van der Waals surface area contributed by atoms with Gasteiger partial charge in [0.15, 0.2) is 0 Å². The number of amides is 1. The first-order valence-electron chi connectivity index (χ1n) is 10.3. The molecule has 0 saturated carbocycles. The summed E-state index contributed by atoms with van der Waals surface area (Å²) in [6, 6.07) is 6.89. The normalized spacial score (nSPS) is 10.9. The number of hydrogen-bond donors (Lipinski definition) is 3. The average molecular weight is 428 g/mol. The fourth-order valence-electron chi connectivity index (χ4n) is 2.96. The van der Waals surface area contributed by atoms with Crippen molar-refractivity contribution in [1.29, 1.82) is 0 Å². The molecule has 0 aliphatic carbocycles. The van der Waals surface area contributed by atoms with Gasteiger partial charge in [-0.15, -0.1) is 0 Å². The summed E-state index contributed by atoms with van der Waals surface area (Å²) in [7, 11) is 0. The fourth-order valence-corrected chi connectivity index (χ4v) is 2.96. The number of aromatic amines is 2. The van der Waals surface area contributed by atoms with Gasteiger partial charge in [0.05, 0.1) is 18.4 Å². The zero-order chi connectivity index (χ0) is 22.6. The van der Waals surface area contributed by atoms with E-state index in [4.69, 9.17) is 4.74 Å². The minimum atomic E-state index is -0.593. The van der Waals surface area contributed by atoms with Crippen LogP contribution >= 0.6 is 0 Å². The highest BCUT2D eigenvalue weighted by Crippen LogP contribution is 2.18. The molecule has 3 N–H and O–H groups in total. The molecule has 31 heavy (non-hydrogen) atoms. The van der Waals surface area contributed by atoms with Crippen LogP contribution in [-0.2, 0) is 11.2 Å². The van der Waals surface area contributed by atoms with E-state index in [1.54, 1.807) is 31.2 Å². The summed E-state index contributed by atoms with van der Waals surface area (Å²) >= 11 is 0. The molecule has 9 heteroatoms. The van der Waals surface area contributed by atoms with E-state index in [9.17, 15) is 19.2 Å². The first kappa shape index (κ1) is 23.8. The van der Waals surface area contributed by atoms with Crippen molar-refractivity contribution in [2.45, 2.75) is 52.4 Å². The van der Waals surface area contributed by atoms with Crippen molar-refractivity contribution in [3.05, 3.63) is 61.9 Å². The summed E-state index contributed by atoms with van der Waals surface area (Å²) in [4.78, 5) is 52.0. The van der Waals surface area contributed by atoms with Gasteiger partial charge in [-0.25, -0.2) is 10.2 Å². The van der Waals surface area contributed by atoms with Crippen LogP contribution in [0.25, 0.3) is 0 Å². The highest BCUT2D eigenvalue weighted by Gasteiger charge is 2.11. The fraction of sp³-hybridized carbons (Fsp3) is 0.409. The lowest BCUT2D eigenvalue weighted by molar-refractivity contribution is -0.121. The molecule has 166 valence electrons. The Morgan fingerprint density at radius 1 is 1.13 bits per heavy atom. The lowest BCUT2D eigenvalue weighted by Gasteiger charge is -2.09. The van der Waals surface area contributed by atoms with Gasteiger partial charge in [0.25, 0.3) is 5.56 Å². The molecule has 0 aliphatic heterocycles. The smallest absolute Gasteiger partial charge is 0.325 e. The second-order valence-corrected chi connectivity index (χ2v) is 7.07. The van der Waals surface area contributed by atoms with Gasteiger partial charge in [-0.2, -0.15) is 5.10 Å². The summed E-state index contributed by atoms with van der Waals surface area (Å²) in [5, 5.41) is 3.71. The molecule has 1 heterocycles. The number of nitrogens with zero attached hydrogens (tertiary/aromatic N) is 1. The Morgan fingerprint density at radius 2 is 1.90 bits per heavy atom. The van der Waals surface area contributed by atoms with E-state index < -0.39 is 22.9 Å². The minimum absolute atomic E-state index is 0.0288. The molecular formula is C22H28N4O5. The monoisotopic (exact) mass is 428 g/mol. The van der Waals surface area contributed by atoms with Crippen LogP contribution < -0.4 is 21.4 Å². The Hall–Kier alpha value is -3.49. The topological polar surface area (TPSA) is 133 Å². The van der Waals surface area contributed by atoms with Crippen LogP contribution in [-0.4, -0.2) is 34.5 Å². The van der Waals surface area contributed by atoms with Crippen LogP contribution in [0.5, 0.6) is 5.75 Å². The van der Waals surface area contributed by atoms with Crippen molar-refractivity contribution in [1.82, 2.24) is 15.4 Å². The largest absolute Gasteiger partial charge is 0.493 e. The van der Waals surface area contributed by atoms with Crippen molar-refractivity contribution in [3.8, 4) is 5.75 Å². The van der Waals surface area contributed by atoms with Gasteiger partial charge >= 0.3 is 5.69 Å². The molecule has 0 radical (unpaired) electrons. The van der Waals surface area contributed by atoms with Crippen molar-refractivity contribution in [3.63, 3.8) is 0 Å². The molecule has 2 rings (SSSR count). The van der Waals surface area contributed by atoms with Crippen LogP contribution in [0.4, 0.5) is 0 Å². The number of hydrazone groups is 1. The number of rotatable bonds is 12. The van der Waals surface area contributed by atoms with Gasteiger partial charge < -0.3 is 9.72 Å². The molecular weight excluding hydrogens is 400 g/mol. The van der Waals surface area contributed by atoms with Gasteiger partial charge in [-0.1, -0.05) is 38.3 Å². The number of para-hydroxylation sites is 1. The second kappa shape index (κ2) is 12.3. The third-order valence-electron chi connectivity index (χ3n) is 4.64. The SMILES string of the molecule is CCCCCCOc1ccccc1C(=O)/C=N/NC(=O)CCc1c(C)[nH]c(=O)[nH]c1=O. The number of aromatic nitrogens is 2. The Labute approximate surface area is 179 Å². The number of H-pyrrole nitrogens is 2. The van der Waals surface area contributed by atoms with Crippen LogP contribution in [0.15, 0.2) is 39.0 Å². The molecule has 0 atom stereocenters. The Bertz CT molecular complexity index is 1040. The first-order chi connectivity index (χ1) is 14.9. The Kier molecular flexibility index (Phi) is 9.41. The maximum atomic E-state index is 12.4. The first-order valence-corrected chi connectivity index (χ1v) is 10.3. The molecule has 1 aromatic heterocycles. The average Bonchev–Trinajstić information content (AvgIpc) is 2.73. The molecule has 1 amide bonds. The minimum Gasteiger partial charge on any atom is -0.493 e. The third-order valence-corrected chi connectivity index (χ3v) is 4.64. The predicted octanol–water partition coefficient (Wildman–Crippen LogP) is 2.25. The zero-order valence-corrected chi connectivity index (χ0v) is 17.8. The molecule has 1 aromatic carbocycles. The molecule has 0 spiro atoms. The second-order valence-electron chi connectivity index (χ2n) is 7.07. The van der Waals surface area contributed by atoms with Crippen LogP contribution in [0.3, 0.4) is 0 Å². The quantitative estimate of drug-likeness (QED) is 0.206. The van der Waals surface area contributed by atoms with E-state index in [2.05, 4.69) is 27.4 Å². The standard InChI is InChI=1S/C22H28N4O5/c1-3-4-5-8-13-31-19-10-7-6-9-17(19)18(27)14-23-26-20(28)12-11-16-15(2)24-22(30)25-21(16)29/h6-7,9-10,14H,3-5,8,11-13H2,1-2H3,(H,26,28)(H2,24,25,29,30)/b23-14+. The maximum absolute atomic E-state index is 12.4. The number of aryl methyl sites for hydroxylation is 1. The van der Waals surface area contributed by atoms with E-state index in [0.29, 0.717) is 29.2 Å². The predicted molar refractivity (Wildman–Crippen MR) is 118 cm³/mol. The molecule has 0 aliphatic rings. The summed E-state index contributed by atoms with van der Waals surface area (Å²) in [6.45, 7) is 4.25. The lowest BCUT2D eigenvalue weighted by atomic mass is 10.1. The number of hydrogen-bond acceptors (Lipinski definition) is 6. The van der Waals surface area contributed by atoms with Crippen molar-refractivity contribution in [2.75, 3.05) is 6.61 Å². The number of carbonyl (C=O) groups is 2. The Morgan fingerprint density at radius 3 is 2.65 bits per heavy atom. The molecule has 0 saturated heterocycles. The van der Waals surface area contributed by atoms with Crippen LogP contribution in [0.2, 0.25) is 0 Å². The van der Waals surface area contributed by atoms with Gasteiger partial charge in [0.1, 0.15) is 5.75 Å². The van der Waals surface area contributed by atoms with E-state index in [1.165, 1.54) is 0 Å². The number of unbranched alkanes of at least 4 members (excludes halogenated alkanes) is 3. The summed E-state index contributed by atoms with van der Waals surface area (Å²) in [6.07, 6.45) is 5.39. The van der Waals surface area contributed by atoms with Gasteiger partial charge in [-0.3, -0.25) is 19.4 Å². The molecule has 0 fully saturated rings. The van der Waals surface area contributed by atoms with Crippen molar-refractivity contribution >= 4 is 17.9 Å². The summed E-state index contributed by atoms with van der Waals surface area (Å²) < 4.78 is 5.72. The summed E-state index contributed by atoms with van der Waals surface area (Å²) in [5.41, 5.74) is 2.25. The van der Waals surface area contributed by atoms with Gasteiger partial charge in [0, 0.05) is 17.7 Å². The van der Waals surface area contributed by atoms with E-state index >= 15 is 0 Å². The number of Topliss-reactive ketones (excluding diaryl/α,β-unsaturated/α-hetero) is 1. The molecule has 0 bridgehead atoms.